The Kier molecular flexibility index (Phi) is 10.4. The summed E-state index contributed by atoms with van der Waals surface area (Å²) in [5.41, 5.74) is 3.68. The van der Waals surface area contributed by atoms with Crippen LogP contribution in [-0.4, -0.2) is 73.3 Å². The number of hydrogen-bond donors (Lipinski definition) is 1. The first-order chi connectivity index (χ1) is 23.7. The molecule has 2 saturated heterocycles. The molecule has 3 fully saturated rings. The van der Waals surface area contributed by atoms with Crippen molar-refractivity contribution in [1.29, 1.82) is 0 Å². The number of rotatable bonds is 10. The van der Waals surface area contributed by atoms with Gasteiger partial charge in [0.25, 0.3) is 0 Å². The van der Waals surface area contributed by atoms with Crippen LogP contribution >= 0.6 is 0 Å². The van der Waals surface area contributed by atoms with E-state index in [0.29, 0.717) is 80.5 Å². The summed E-state index contributed by atoms with van der Waals surface area (Å²) in [5, 5.41) is 2.68. The number of nitrogens with one attached hydrogen (secondary N) is 1. The highest BCUT2D eigenvalue weighted by Gasteiger charge is 2.39. The fourth-order valence-electron chi connectivity index (χ4n) is 6.75. The highest BCUT2D eigenvalue weighted by molar-refractivity contribution is 7.93. The van der Waals surface area contributed by atoms with Crippen LogP contribution in [0.15, 0.2) is 36.4 Å². The molecule has 4 heterocycles. The van der Waals surface area contributed by atoms with Gasteiger partial charge in [0.2, 0.25) is 10.0 Å². The number of nitrogens with zero attached hydrogens (tertiary/aromatic N) is 5. The molecule has 15 heteroatoms. The van der Waals surface area contributed by atoms with Gasteiger partial charge in [-0.05, 0) is 86.8 Å². The number of benzene rings is 2. The third-order valence-corrected chi connectivity index (χ3v) is 12.1. The average molecular weight is 723 g/mol. The maximum Gasteiger partial charge on any atom is 0.302 e. The first kappa shape index (κ1) is 36.4. The molecule has 0 spiro atoms. The van der Waals surface area contributed by atoms with E-state index in [1.54, 1.807) is 34.4 Å². The quantitative estimate of drug-likeness (QED) is 0.174. The molecule has 0 amide bonds. The van der Waals surface area contributed by atoms with Crippen LogP contribution in [0.25, 0.3) is 22.1 Å². The lowest BCUT2D eigenvalue weighted by molar-refractivity contribution is 0.00156. The standard InChI is InChI=1S/C19H25F2N3O3S.C16H21F2N3O/c1-19(20,21)18-22-16-11-14(23(2)28(25,26)15-4-5-15)3-6-17(16)24(18)12-13-7-9-27-10-8-13;1-16(17,18)15-20-13-9-12(19-2)3-4-14(13)21(15)10-11-5-7-22-8-6-11/h3,6,11,13,15H,4-5,7-10,12H2,1-2H3;3-4,9,11,19H,5-8,10H2,1-2H3. The Morgan fingerprint density at radius 2 is 1.24 bits per heavy atom. The number of ether oxygens (including phenoxy) is 2. The van der Waals surface area contributed by atoms with Crippen LogP contribution in [0.3, 0.4) is 0 Å². The van der Waals surface area contributed by atoms with E-state index in [1.165, 1.54) is 11.4 Å². The molecule has 274 valence electrons. The van der Waals surface area contributed by atoms with Crippen molar-refractivity contribution in [3.8, 4) is 0 Å². The highest BCUT2D eigenvalue weighted by atomic mass is 32.2. The van der Waals surface area contributed by atoms with Gasteiger partial charge in [-0.2, -0.15) is 17.6 Å². The molecule has 1 saturated carbocycles. The van der Waals surface area contributed by atoms with Crippen LogP contribution in [0.1, 0.15) is 64.0 Å². The highest BCUT2D eigenvalue weighted by Crippen LogP contribution is 2.36. The van der Waals surface area contributed by atoms with Gasteiger partial charge >= 0.3 is 11.8 Å². The minimum atomic E-state index is -3.41. The van der Waals surface area contributed by atoms with Crippen molar-refractivity contribution in [2.24, 2.45) is 11.8 Å². The molecule has 10 nitrogen and oxygen atoms in total. The number of alkyl halides is 4. The number of imidazole rings is 2. The van der Waals surface area contributed by atoms with E-state index >= 15 is 0 Å². The lowest BCUT2D eigenvalue weighted by Gasteiger charge is -2.24. The van der Waals surface area contributed by atoms with Crippen molar-refractivity contribution in [3.05, 3.63) is 48.0 Å². The minimum absolute atomic E-state index is 0.151. The van der Waals surface area contributed by atoms with Gasteiger partial charge in [-0.3, -0.25) is 4.31 Å². The summed E-state index contributed by atoms with van der Waals surface area (Å²) < 4.78 is 96.7. The summed E-state index contributed by atoms with van der Waals surface area (Å²) in [6.07, 6.45) is 4.80. The smallest absolute Gasteiger partial charge is 0.302 e. The van der Waals surface area contributed by atoms with Gasteiger partial charge in [0.05, 0.1) is 33.0 Å². The molecule has 4 aromatic rings. The number of sulfonamides is 1. The summed E-state index contributed by atoms with van der Waals surface area (Å²) in [6.45, 7) is 5.48. The molecule has 0 atom stereocenters. The number of halogens is 4. The normalized spacial score (nSPS) is 18.3. The molecular weight excluding hydrogens is 676 g/mol. The van der Waals surface area contributed by atoms with Crippen molar-refractivity contribution < 1.29 is 35.5 Å². The van der Waals surface area contributed by atoms with Gasteiger partial charge in [-0.25, -0.2) is 18.4 Å². The fraction of sp³-hybridized carbons (Fsp3) is 0.600. The van der Waals surface area contributed by atoms with Gasteiger partial charge in [0.15, 0.2) is 11.6 Å². The Morgan fingerprint density at radius 1 is 0.780 bits per heavy atom. The Bertz CT molecular complexity index is 1900. The largest absolute Gasteiger partial charge is 0.388 e. The number of aromatic nitrogens is 4. The predicted octanol–water partition coefficient (Wildman–Crippen LogP) is 7.12. The van der Waals surface area contributed by atoms with Gasteiger partial charge in [0, 0.05) is 73.1 Å². The van der Waals surface area contributed by atoms with Gasteiger partial charge in [-0.1, -0.05) is 0 Å². The summed E-state index contributed by atoms with van der Waals surface area (Å²) >= 11 is 0. The van der Waals surface area contributed by atoms with Crippen LogP contribution < -0.4 is 9.62 Å². The van der Waals surface area contributed by atoms with Crippen molar-refractivity contribution in [2.45, 2.75) is 82.6 Å². The molecule has 2 aliphatic heterocycles. The molecule has 7 rings (SSSR count). The van der Waals surface area contributed by atoms with E-state index in [-0.39, 0.29) is 22.8 Å². The van der Waals surface area contributed by atoms with Crippen LogP contribution in [-0.2, 0) is 44.4 Å². The number of hydrogen-bond acceptors (Lipinski definition) is 7. The molecule has 2 aromatic heterocycles. The second kappa shape index (κ2) is 14.3. The third-order valence-electron chi connectivity index (χ3n) is 9.81. The molecule has 1 aliphatic carbocycles. The van der Waals surface area contributed by atoms with Gasteiger partial charge in [-0.15, -0.1) is 0 Å². The average Bonchev–Trinajstić information content (AvgIpc) is 3.81. The second-order valence-electron chi connectivity index (χ2n) is 13.8. The Morgan fingerprint density at radius 3 is 1.68 bits per heavy atom. The zero-order chi connectivity index (χ0) is 35.8. The van der Waals surface area contributed by atoms with E-state index < -0.39 is 21.9 Å². The lowest BCUT2D eigenvalue weighted by Crippen LogP contribution is -2.29. The van der Waals surface area contributed by atoms with Crippen molar-refractivity contribution >= 4 is 43.5 Å². The fourth-order valence-corrected chi connectivity index (χ4v) is 8.34. The van der Waals surface area contributed by atoms with Crippen molar-refractivity contribution in [2.75, 3.05) is 50.1 Å². The summed E-state index contributed by atoms with van der Waals surface area (Å²) in [6, 6.07) is 10.5. The van der Waals surface area contributed by atoms with Crippen molar-refractivity contribution in [3.63, 3.8) is 0 Å². The SMILES string of the molecule is CN(c1ccc2c(c1)nc(C(C)(F)F)n2CC1CCOCC1)S(=O)(=O)C1CC1.CNc1ccc2c(c1)nc(C(C)(F)F)n2CC1CCOCC1. The summed E-state index contributed by atoms with van der Waals surface area (Å²) in [4.78, 5) is 8.40. The van der Waals surface area contributed by atoms with E-state index in [1.807, 2.05) is 18.2 Å². The van der Waals surface area contributed by atoms with Gasteiger partial charge < -0.3 is 23.9 Å². The monoisotopic (exact) mass is 722 g/mol. The predicted molar refractivity (Wildman–Crippen MR) is 186 cm³/mol. The van der Waals surface area contributed by atoms with Crippen LogP contribution in [0.4, 0.5) is 28.9 Å². The molecule has 0 unspecified atom stereocenters. The Balaban J connectivity index is 0.000000178. The maximum atomic E-state index is 14.3. The Labute approximate surface area is 290 Å². The number of fused-ring (bicyclic) bond motifs is 2. The van der Waals surface area contributed by atoms with Crippen molar-refractivity contribution in [1.82, 2.24) is 19.1 Å². The van der Waals surface area contributed by atoms with E-state index in [2.05, 4.69) is 15.3 Å². The summed E-state index contributed by atoms with van der Waals surface area (Å²) in [5.74, 6) is -5.86. The molecule has 0 radical (unpaired) electrons. The van der Waals surface area contributed by atoms with Gasteiger partial charge in [0.1, 0.15) is 0 Å². The zero-order valence-corrected chi connectivity index (χ0v) is 29.8. The topological polar surface area (TPSA) is 104 Å². The Hall–Kier alpha value is -3.43. The molecule has 0 bridgehead atoms. The van der Waals surface area contributed by atoms with Crippen LogP contribution in [0.2, 0.25) is 0 Å². The molecule has 2 aromatic carbocycles. The van der Waals surface area contributed by atoms with E-state index in [9.17, 15) is 26.0 Å². The second-order valence-corrected chi connectivity index (χ2v) is 16.1. The van der Waals surface area contributed by atoms with E-state index in [4.69, 9.17) is 9.47 Å². The van der Waals surface area contributed by atoms with Crippen LogP contribution in [0, 0.1) is 11.8 Å². The third kappa shape index (κ3) is 7.89. The zero-order valence-electron chi connectivity index (χ0n) is 29.0. The number of anilines is 2. The molecule has 3 aliphatic rings. The maximum absolute atomic E-state index is 14.3. The molecule has 50 heavy (non-hydrogen) atoms. The molecular formula is C35H46F4N6O4S. The summed E-state index contributed by atoms with van der Waals surface area (Å²) in [7, 11) is -0.101. The molecule has 1 N–H and O–H groups in total. The minimum Gasteiger partial charge on any atom is -0.388 e. The lowest BCUT2D eigenvalue weighted by atomic mass is 10.00. The van der Waals surface area contributed by atoms with Crippen LogP contribution in [0.5, 0.6) is 0 Å². The first-order valence-electron chi connectivity index (χ1n) is 17.2. The van der Waals surface area contributed by atoms with E-state index in [0.717, 1.165) is 50.7 Å². The first-order valence-corrected chi connectivity index (χ1v) is 18.7.